The van der Waals surface area contributed by atoms with Crippen LogP contribution in [-0.4, -0.2) is 13.1 Å². The van der Waals surface area contributed by atoms with E-state index in [1.54, 1.807) is 0 Å². The molecule has 1 heteroatoms. The summed E-state index contributed by atoms with van der Waals surface area (Å²) in [5.41, 5.74) is 2.98. The molecular weight excluding hydrogens is 170 g/mol. The summed E-state index contributed by atoms with van der Waals surface area (Å²) in [4.78, 5) is 0. The summed E-state index contributed by atoms with van der Waals surface area (Å²) in [7, 11) is 0. The van der Waals surface area contributed by atoms with E-state index in [0.717, 1.165) is 12.5 Å². The SMILES string of the molecule is CC(C)c1cccc([C@@H]2CCNC2)c1. The Bertz CT molecular complexity index is 298. The first-order valence-corrected chi connectivity index (χ1v) is 5.58. The molecule has 76 valence electrons. The van der Waals surface area contributed by atoms with Gasteiger partial charge in [0.1, 0.15) is 0 Å². The van der Waals surface area contributed by atoms with Gasteiger partial charge in [-0.2, -0.15) is 0 Å². The molecule has 1 fully saturated rings. The lowest BCUT2D eigenvalue weighted by Gasteiger charge is -2.12. The van der Waals surface area contributed by atoms with Crippen molar-refractivity contribution in [3.63, 3.8) is 0 Å². The lowest BCUT2D eigenvalue weighted by Crippen LogP contribution is -2.08. The third-order valence-electron chi connectivity index (χ3n) is 3.11. The molecule has 1 aliphatic rings. The fourth-order valence-electron chi connectivity index (χ4n) is 2.11. The fourth-order valence-corrected chi connectivity index (χ4v) is 2.11. The lowest BCUT2D eigenvalue weighted by molar-refractivity contribution is 0.757. The highest BCUT2D eigenvalue weighted by molar-refractivity contribution is 5.29. The molecule has 1 aromatic carbocycles. The summed E-state index contributed by atoms with van der Waals surface area (Å²) in [5.74, 6) is 1.39. The van der Waals surface area contributed by atoms with Crippen molar-refractivity contribution in [1.82, 2.24) is 5.32 Å². The standard InChI is InChI=1S/C13H19N/c1-10(2)11-4-3-5-12(8-11)13-6-7-14-9-13/h3-5,8,10,13-14H,6-7,9H2,1-2H3/t13-/m1/s1. The van der Waals surface area contributed by atoms with E-state index in [1.165, 1.54) is 24.1 Å². The average molecular weight is 189 g/mol. The molecule has 0 spiro atoms. The van der Waals surface area contributed by atoms with E-state index in [-0.39, 0.29) is 0 Å². The Morgan fingerprint density at radius 2 is 2.21 bits per heavy atom. The van der Waals surface area contributed by atoms with Gasteiger partial charge in [-0.25, -0.2) is 0 Å². The first kappa shape index (κ1) is 9.72. The van der Waals surface area contributed by atoms with Gasteiger partial charge < -0.3 is 5.32 Å². The second-order valence-electron chi connectivity index (χ2n) is 4.51. The van der Waals surface area contributed by atoms with Crippen molar-refractivity contribution in [2.45, 2.75) is 32.1 Å². The molecule has 1 aliphatic heterocycles. The predicted octanol–water partition coefficient (Wildman–Crippen LogP) is 2.89. The Kier molecular flexibility index (Phi) is 2.87. The van der Waals surface area contributed by atoms with Crippen molar-refractivity contribution in [2.24, 2.45) is 0 Å². The maximum absolute atomic E-state index is 3.42. The molecule has 2 rings (SSSR count). The van der Waals surface area contributed by atoms with Crippen LogP contribution in [0.4, 0.5) is 0 Å². The molecule has 0 amide bonds. The van der Waals surface area contributed by atoms with Crippen molar-refractivity contribution >= 4 is 0 Å². The molecule has 0 saturated carbocycles. The van der Waals surface area contributed by atoms with Gasteiger partial charge in [0.25, 0.3) is 0 Å². The molecular formula is C13H19N. The normalized spacial score (nSPS) is 21.8. The van der Waals surface area contributed by atoms with Gasteiger partial charge in [-0.3, -0.25) is 0 Å². The number of hydrogen-bond acceptors (Lipinski definition) is 1. The maximum atomic E-state index is 3.42. The van der Waals surface area contributed by atoms with E-state index >= 15 is 0 Å². The van der Waals surface area contributed by atoms with Crippen LogP contribution in [0.25, 0.3) is 0 Å². The van der Waals surface area contributed by atoms with E-state index in [0.29, 0.717) is 5.92 Å². The van der Waals surface area contributed by atoms with Crippen molar-refractivity contribution in [2.75, 3.05) is 13.1 Å². The summed E-state index contributed by atoms with van der Waals surface area (Å²) < 4.78 is 0. The van der Waals surface area contributed by atoms with Crippen LogP contribution in [0.15, 0.2) is 24.3 Å². The Labute approximate surface area is 86.5 Å². The summed E-state index contributed by atoms with van der Waals surface area (Å²) in [5, 5.41) is 3.42. The Hall–Kier alpha value is -0.820. The van der Waals surface area contributed by atoms with Crippen LogP contribution in [-0.2, 0) is 0 Å². The third kappa shape index (κ3) is 1.98. The van der Waals surface area contributed by atoms with E-state index in [4.69, 9.17) is 0 Å². The summed E-state index contributed by atoms with van der Waals surface area (Å²) in [6.07, 6.45) is 1.29. The van der Waals surface area contributed by atoms with Gasteiger partial charge in [0.2, 0.25) is 0 Å². The monoisotopic (exact) mass is 189 g/mol. The zero-order chi connectivity index (χ0) is 9.97. The summed E-state index contributed by atoms with van der Waals surface area (Å²) in [6.45, 7) is 6.84. The zero-order valence-corrected chi connectivity index (χ0v) is 9.09. The van der Waals surface area contributed by atoms with Crippen molar-refractivity contribution in [1.29, 1.82) is 0 Å². The quantitative estimate of drug-likeness (QED) is 0.754. The largest absolute Gasteiger partial charge is 0.316 e. The minimum atomic E-state index is 0.643. The number of hydrogen-bond donors (Lipinski definition) is 1. The van der Waals surface area contributed by atoms with E-state index < -0.39 is 0 Å². The highest BCUT2D eigenvalue weighted by Gasteiger charge is 2.16. The molecule has 1 saturated heterocycles. The lowest BCUT2D eigenvalue weighted by atomic mass is 9.93. The van der Waals surface area contributed by atoms with E-state index in [9.17, 15) is 0 Å². The minimum absolute atomic E-state index is 0.643. The molecule has 0 radical (unpaired) electrons. The van der Waals surface area contributed by atoms with Crippen LogP contribution >= 0.6 is 0 Å². The predicted molar refractivity (Wildman–Crippen MR) is 60.8 cm³/mol. The van der Waals surface area contributed by atoms with Gasteiger partial charge in [-0.15, -0.1) is 0 Å². The summed E-state index contributed by atoms with van der Waals surface area (Å²) >= 11 is 0. The van der Waals surface area contributed by atoms with Gasteiger partial charge in [0, 0.05) is 6.54 Å². The molecule has 0 aromatic heterocycles. The average Bonchev–Trinajstić information content (AvgIpc) is 2.71. The van der Waals surface area contributed by atoms with Crippen LogP contribution in [0.3, 0.4) is 0 Å². The molecule has 0 aliphatic carbocycles. The third-order valence-corrected chi connectivity index (χ3v) is 3.11. The van der Waals surface area contributed by atoms with Crippen LogP contribution in [0.2, 0.25) is 0 Å². The fraction of sp³-hybridized carbons (Fsp3) is 0.538. The second-order valence-corrected chi connectivity index (χ2v) is 4.51. The maximum Gasteiger partial charge on any atom is 0.00206 e. The first-order valence-electron chi connectivity index (χ1n) is 5.58. The van der Waals surface area contributed by atoms with Crippen LogP contribution in [0.1, 0.15) is 43.2 Å². The van der Waals surface area contributed by atoms with Crippen LogP contribution in [0, 0.1) is 0 Å². The molecule has 14 heavy (non-hydrogen) atoms. The Morgan fingerprint density at radius 1 is 1.36 bits per heavy atom. The van der Waals surface area contributed by atoms with Crippen LogP contribution < -0.4 is 5.32 Å². The molecule has 1 aromatic rings. The number of nitrogens with one attached hydrogen (secondary N) is 1. The highest BCUT2D eigenvalue weighted by Crippen LogP contribution is 2.25. The van der Waals surface area contributed by atoms with Gasteiger partial charge in [-0.05, 0) is 35.9 Å². The van der Waals surface area contributed by atoms with Crippen molar-refractivity contribution in [3.05, 3.63) is 35.4 Å². The molecule has 0 bridgehead atoms. The Morgan fingerprint density at radius 3 is 2.86 bits per heavy atom. The molecule has 1 N–H and O–H groups in total. The molecule has 0 unspecified atom stereocenters. The van der Waals surface area contributed by atoms with Crippen molar-refractivity contribution in [3.8, 4) is 0 Å². The van der Waals surface area contributed by atoms with E-state index in [2.05, 4.69) is 43.4 Å². The zero-order valence-electron chi connectivity index (χ0n) is 9.09. The topological polar surface area (TPSA) is 12.0 Å². The van der Waals surface area contributed by atoms with E-state index in [1.807, 2.05) is 0 Å². The van der Waals surface area contributed by atoms with Crippen LogP contribution in [0.5, 0.6) is 0 Å². The first-order chi connectivity index (χ1) is 6.77. The molecule has 1 heterocycles. The van der Waals surface area contributed by atoms with Crippen molar-refractivity contribution < 1.29 is 0 Å². The minimum Gasteiger partial charge on any atom is -0.316 e. The second kappa shape index (κ2) is 4.14. The van der Waals surface area contributed by atoms with Gasteiger partial charge in [0.15, 0.2) is 0 Å². The molecule has 1 atom stereocenters. The van der Waals surface area contributed by atoms with Gasteiger partial charge in [-0.1, -0.05) is 38.1 Å². The Balaban J connectivity index is 2.21. The number of rotatable bonds is 2. The van der Waals surface area contributed by atoms with Gasteiger partial charge >= 0.3 is 0 Å². The number of benzene rings is 1. The van der Waals surface area contributed by atoms with Gasteiger partial charge in [0.05, 0.1) is 0 Å². The smallest absolute Gasteiger partial charge is 0.00206 e. The molecule has 1 nitrogen and oxygen atoms in total. The summed E-state index contributed by atoms with van der Waals surface area (Å²) in [6, 6.07) is 9.07. The highest BCUT2D eigenvalue weighted by atomic mass is 14.9.